The summed E-state index contributed by atoms with van der Waals surface area (Å²) in [5.41, 5.74) is 1.25. The fourth-order valence-electron chi connectivity index (χ4n) is 2.31. The van der Waals surface area contributed by atoms with Crippen LogP contribution in [0.5, 0.6) is 0 Å². The van der Waals surface area contributed by atoms with E-state index in [0.717, 1.165) is 11.7 Å². The van der Waals surface area contributed by atoms with Crippen molar-refractivity contribution in [1.29, 1.82) is 0 Å². The third-order valence-electron chi connectivity index (χ3n) is 3.37. The molecular weight excluding hydrogens is 248 g/mol. The van der Waals surface area contributed by atoms with E-state index in [4.69, 9.17) is 0 Å². The molecule has 1 unspecified atom stereocenters. The number of nitrogens with zero attached hydrogens (tertiary/aromatic N) is 1. The fraction of sp³-hybridized carbons (Fsp3) is 0.769. The van der Waals surface area contributed by atoms with Crippen LogP contribution in [0.15, 0.2) is 5.38 Å². The summed E-state index contributed by atoms with van der Waals surface area (Å²) in [6.07, 6.45) is 6.80. The van der Waals surface area contributed by atoms with E-state index < -0.39 is 0 Å². The normalized spacial score (nSPS) is 18.7. The van der Waals surface area contributed by atoms with Gasteiger partial charge >= 0.3 is 0 Å². The monoisotopic (exact) mass is 270 g/mol. The molecule has 0 spiro atoms. The van der Waals surface area contributed by atoms with Crippen LogP contribution in [-0.4, -0.2) is 29.1 Å². The Morgan fingerprint density at radius 1 is 1.53 bits per heavy atom. The lowest BCUT2D eigenvalue weighted by molar-refractivity contribution is 0.609. The van der Waals surface area contributed by atoms with Gasteiger partial charge in [0.05, 0.1) is 10.7 Å². The maximum atomic E-state index is 4.55. The van der Waals surface area contributed by atoms with Gasteiger partial charge in [-0.15, -0.1) is 11.3 Å². The molecule has 0 bridgehead atoms. The summed E-state index contributed by atoms with van der Waals surface area (Å²) in [4.78, 5) is 4.55. The zero-order valence-electron chi connectivity index (χ0n) is 10.7. The number of hydrogen-bond acceptors (Lipinski definition) is 4. The van der Waals surface area contributed by atoms with E-state index in [1.807, 2.05) is 0 Å². The van der Waals surface area contributed by atoms with Gasteiger partial charge in [-0.1, -0.05) is 12.8 Å². The third kappa shape index (κ3) is 4.27. The number of nitrogens with one attached hydrogen (secondary N) is 1. The highest BCUT2D eigenvalue weighted by Crippen LogP contribution is 2.30. The third-order valence-corrected chi connectivity index (χ3v) is 5.73. The molecule has 2 nitrogen and oxygen atoms in total. The van der Waals surface area contributed by atoms with Gasteiger partial charge in [-0.2, -0.15) is 11.8 Å². The Morgan fingerprint density at radius 2 is 2.29 bits per heavy atom. The molecule has 1 aliphatic rings. The van der Waals surface area contributed by atoms with E-state index >= 15 is 0 Å². The standard InChI is InChI=1S/C13H22N2S2/c1-10-15-12(9-16-10)7-11(14-2)8-17-13-5-3-4-6-13/h9,11,13-14H,3-8H2,1-2H3. The van der Waals surface area contributed by atoms with E-state index in [0.29, 0.717) is 6.04 Å². The highest BCUT2D eigenvalue weighted by atomic mass is 32.2. The number of aromatic nitrogens is 1. The minimum Gasteiger partial charge on any atom is -0.316 e. The van der Waals surface area contributed by atoms with E-state index in [1.165, 1.54) is 42.1 Å². The Morgan fingerprint density at radius 3 is 2.88 bits per heavy atom. The summed E-state index contributed by atoms with van der Waals surface area (Å²) in [7, 11) is 2.07. The average Bonchev–Trinajstić information content (AvgIpc) is 2.96. The van der Waals surface area contributed by atoms with Crippen molar-refractivity contribution < 1.29 is 0 Å². The molecule has 1 N–H and O–H groups in total. The topological polar surface area (TPSA) is 24.9 Å². The van der Waals surface area contributed by atoms with Crippen LogP contribution in [0, 0.1) is 6.92 Å². The summed E-state index contributed by atoms with van der Waals surface area (Å²) >= 11 is 3.91. The Kier molecular flexibility index (Phi) is 5.32. The largest absolute Gasteiger partial charge is 0.316 e. The smallest absolute Gasteiger partial charge is 0.0897 e. The first kappa shape index (κ1) is 13.4. The molecule has 0 saturated heterocycles. The van der Waals surface area contributed by atoms with E-state index in [2.05, 4.69) is 41.4 Å². The molecule has 1 aromatic rings. The molecule has 0 aliphatic heterocycles. The molecule has 1 saturated carbocycles. The van der Waals surface area contributed by atoms with Gasteiger partial charge in [-0.3, -0.25) is 0 Å². The maximum absolute atomic E-state index is 4.55. The van der Waals surface area contributed by atoms with Crippen LogP contribution in [0.3, 0.4) is 0 Å². The Balaban J connectivity index is 1.75. The Hall–Kier alpha value is -0.0600. The van der Waals surface area contributed by atoms with Gasteiger partial charge in [0.15, 0.2) is 0 Å². The van der Waals surface area contributed by atoms with Crippen molar-refractivity contribution in [2.75, 3.05) is 12.8 Å². The van der Waals surface area contributed by atoms with E-state index in [9.17, 15) is 0 Å². The number of thioether (sulfide) groups is 1. The second-order valence-electron chi connectivity index (χ2n) is 4.79. The molecule has 1 atom stereocenters. The van der Waals surface area contributed by atoms with Crippen molar-refractivity contribution in [2.24, 2.45) is 0 Å². The summed E-state index contributed by atoms with van der Waals surface area (Å²) < 4.78 is 0. The lowest BCUT2D eigenvalue weighted by Gasteiger charge is -2.17. The summed E-state index contributed by atoms with van der Waals surface area (Å²) in [6, 6.07) is 0.571. The predicted octanol–water partition coefficient (Wildman–Crippen LogP) is 3.26. The molecule has 1 heterocycles. The highest BCUT2D eigenvalue weighted by molar-refractivity contribution is 7.99. The van der Waals surface area contributed by atoms with Gasteiger partial charge in [0.2, 0.25) is 0 Å². The van der Waals surface area contributed by atoms with Gasteiger partial charge in [-0.25, -0.2) is 4.98 Å². The molecule has 1 aromatic heterocycles. The number of likely N-dealkylation sites (N-methyl/N-ethyl adjacent to an activating group) is 1. The first-order chi connectivity index (χ1) is 8.28. The fourth-order valence-corrected chi connectivity index (χ4v) is 4.39. The predicted molar refractivity (Wildman–Crippen MR) is 78.1 cm³/mol. The quantitative estimate of drug-likeness (QED) is 0.859. The zero-order chi connectivity index (χ0) is 12.1. The minimum absolute atomic E-state index is 0.571. The van der Waals surface area contributed by atoms with Gasteiger partial charge in [0, 0.05) is 28.8 Å². The number of thiazole rings is 1. The van der Waals surface area contributed by atoms with Crippen molar-refractivity contribution in [3.8, 4) is 0 Å². The average molecular weight is 270 g/mol. The van der Waals surface area contributed by atoms with Crippen LogP contribution in [0.4, 0.5) is 0 Å². The molecule has 0 aromatic carbocycles. The highest BCUT2D eigenvalue weighted by Gasteiger charge is 2.17. The van der Waals surface area contributed by atoms with Crippen molar-refractivity contribution in [3.63, 3.8) is 0 Å². The minimum atomic E-state index is 0.571. The molecule has 4 heteroatoms. The van der Waals surface area contributed by atoms with Crippen LogP contribution in [-0.2, 0) is 6.42 Å². The molecule has 17 heavy (non-hydrogen) atoms. The van der Waals surface area contributed by atoms with Gasteiger partial charge in [0.25, 0.3) is 0 Å². The molecule has 0 radical (unpaired) electrons. The molecule has 0 amide bonds. The lowest BCUT2D eigenvalue weighted by Crippen LogP contribution is -2.30. The lowest BCUT2D eigenvalue weighted by atomic mass is 10.2. The Bertz CT molecular complexity index is 332. The van der Waals surface area contributed by atoms with Crippen LogP contribution >= 0.6 is 23.1 Å². The van der Waals surface area contributed by atoms with Crippen LogP contribution in [0.1, 0.15) is 36.4 Å². The SMILES string of the molecule is CNC(CSC1CCCC1)Cc1csc(C)n1. The molecule has 96 valence electrons. The number of aryl methyl sites for hydroxylation is 1. The van der Waals surface area contributed by atoms with Crippen LogP contribution in [0.25, 0.3) is 0 Å². The molecule has 2 rings (SSSR count). The summed E-state index contributed by atoms with van der Waals surface area (Å²) in [6.45, 7) is 2.08. The molecule has 1 fully saturated rings. The van der Waals surface area contributed by atoms with E-state index in [-0.39, 0.29) is 0 Å². The number of rotatable bonds is 6. The summed E-state index contributed by atoms with van der Waals surface area (Å²) in [5, 5.41) is 7.72. The molecule has 1 aliphatic carbocycles. The maximum Gasteiger partial charge on any atom is 0.0897 e. The van der Waals surface area contributed by atoms with Crippen molar-refractivity contribution in [1.82, 2.24) is 10.3 Å². The second-order valence-corrected chi connectivity index (χ2v) is 7.18. The van der Waals surface area contributed by atoms with Gasteiger partial charge in [-0.05, 0) is 26.8 Å². The Labute approximate surface area is 113 Å². The van der Waals surface area contributed by atoms with Crippen molar-refractivity contribution in [3.05, 3.63) is 16.1 Å². The molecular formula is C13H22N2S2. The van der Waals surface area contributed by atoms with Crippen LogP contribution < -0.4 is 5.32 Å². The van der Waals surface area contributed by atoms with Gasteiger partial charge < -0.3 is 5.32 Å². The van der Waals surface area contributed by atoms with Gasteiger partial charge in [0.1, 0.15) is 0 Å². The van der Waals surface area contributed by atoms with E-state index in [1.54, 1.807) is 11.3 Å². The second kappa shape index (κ2) is 6.76. The van der Waals surface area contributed by atoms with Crippen molar-refractivity contribution >= 4 is 23.1 Å². The zero-order valence-corrected chi connectivity index (χ0v) is 12.4. The van der Waals surface area contributed by atoms with Crippen molar-refractivity contribution in [2.45, 2.75) is 50.3 Å². The number of hydrogen-bond donors (Lipinski definition) is 1. The summed E-state index contributed by atoms with van der Waals surface area (Å²) in [5.74, 6) is 1.22. The van der Waals surface area contributed by atoms with Crippen LogP contribution in [0.2, 0.25) is 0 Å². The first-order valence-corrected chi connectivity index (χ1v) is 8.40. The first-order valence-electron chi connectivity index (χ1n) is 6.48.